The first-order valence-corrected chi connectivity index (χ1v) is 18.3. The van der Waals surface area contributed by atoms with E-state index in [4.69, 9.17) is 0 Å². The minimum absolute atomic E-state index is 0.179. The Kier molecular flexibility index (Phi) is 11.5. The summed E-state index contributed by atoms with van der Waals surface area (Å²) >= 11 is 0. The highest BCUT2D eigenvalue weighted by atomic mass is 16.5. The van der Waals surface area contributed by atoms with Crippen LogP contribution in [0.5, 0.6) is 0 Å². The van der Waals surface area contributed by atoms with Crippen LogP contribution in [0.2, 0.25) is 0 Å². The molecule has 54 heavy (non-hydrogen) atoms. The van der Waals surface area contributed by atoms with Crippen molar-refractivity contribution < 1.29 is 33.4 Å². The number of rotatable bonds is 10. The van der Waals surface area contributed by atoms with Crippen molar-refractivity contribution in [3.05, 3.63) is 78.2 Å². The fourth-order valence-corrected chi connectivity index (χ4v) is 7.31. The molecule has 0 unspecified atom stereocenters. The molecule has 2 aliphatic rings. The van der Waals surface area contributed by atoms with E-state index in [2.05, 4.69) is 65.7 Å². The number of benzene rings is 3. The fourth-order valence-electron chi connectivity index (χ4n) is 7.31. The summed E-state index contributed by atoms with van der Waals surface area (Å²) in [6, 6.07) is 18.0. The number of ether oxygens (including phenoxy) is 2. The van der Waals surface area contributed by atoms with Crippen LogP contribution in [-0.2, 0) is 23.9 Å². The van der Waals surface area contributed by atoms with Gasteiger partial charge in [0.15, 0.2) is 0 Å². The molecule has 4 N–H and O–H groups in total. The van der Waals surface area contributed by atoms with Gasteiger partial charge in [-0.2, -0.15) is 0 Å². The zero-order valence-corrected chi connectivity index (χ0v) is 31.2. The van der Waals surface area contributed by atoms with E-state index in [9.17, 15) is 24.0 Å². The van der Waals surface area contributed by atoms with E-state index in [1.165, 1.54) is 19.1 Å². The zero-order chi connectivity index (χ0) is 38.5. The van der Waals surface area contributed by atoms with E-state index >= 15 is 0 Å². The molecule has 3 heterocycles. The summed E-state index contributed by atoms with van der Waals surface area (Å²) in [5.74, 6) is -0.00902. The Labute approximate surface area is 314 Å². The number of likely N-dealkylation sites (tertiary alicyclic amines) is 2. The SMILES string of the molecule is COC(=O)N[C@@H](C)C(=O)N1CCC[C@H]1C(=O)N[C@@H](C)c1ccc(-c2ccc3cc(-c4cnc([C@@H]5CCCN5C(=O)[C@H](C)NC(=O)OC)[nH]4)ccc3c2)cc1. The van der Waals surface area contributed by atoms with E-state index < -0.39 is 30.3 Å². The number of aromatic nitrogens is 2. The number of fused-ring (bicyclic) bond motifs is 1. The van der Waals surface area contributed by atoms with Gasteiger partial charge in [-0.3, -0.25) is 14.4 Å². The van der Waals surface area contributed by atoms with E-state index in [1.54, 1.807) is 24.9 Å². The Balaban J connectivity index is 1.08. The van der Waals surface area contributed by atoms with Crippen LogP contribution in [0.1, 0.15) is 69.9 Å². The van der Waals surface area contributed by atoms with E-state index in [0.29, 0.717) is 31.8 Å². The van der Waals surface area contributed by atoms with Crippen molar-refractivity contribution in [2.75, 3.05) is 27.3 Å². The Hall–Kier alpha value is -5.92. The highest BCUT2D eigenvalue weighted by Crippen LogP contribution is 2.33. The Morgan fingerprint density at radius 2 is 1.28 bits per heavy atom. The van der Waals surface area contributed by atoms with Crippen LogP contribution in [0, 0.1) is 0 Å². The van der Waals surface area contributed by atoms with E-state index in [0.717, 1.165) is 51.6 Å². The molecule has 0 radical (unpaired) electrons. The lowest BCUT2D eigenvalue weighted by atomic mass is 9.97. The van der Waals surface area contributed by atoms with E-state index in [-0.39, 0.29) is 29.8 Å². The van der Waals surface area contributed by atoms with Crippen LogP contribution < -0.4 is 16.0 Å². The van der Waals surface area contributed by atoms with Crippen molar-refractivity contribution in [3.63, 3.8) is 0 Å². The molecule has 4 aromatic rings. The Morgan fingerprint density at radius 1 is 0.722 bits per heavy atom. The fraction of sp³-hybridized carbons (Fsp3) is 0.400. The lowest BCUT2D eigenvalue weighted by molar-refractivity contribution is -0.139. The molecule has 0 spiro atoms. The number of amides is 5. The molecule has 14 heteroatoms. The highest BCUT2D eigenvalue weighted by Gasteiger charge is 2.37. The molecule has 2 aliphatic heterocycles. The molecule has 0 saturated carbocycles. The molecule has 0 aliphatic carbocycles. The van der Waals surface area contributed by atoms with Gasteiger partial charge in [0.25, 0.3) is 0 Å². The molecule has 1 aromatic heterocycles. The van der Waals surface area contributed by atoms with Gasteiger partial charge in [-0.1, -0.05) is 48.5 Å². The quantitative estimate of drug-likeness (QED) is 0.171. The summed E-state index contributed by atoms with van der Waals surface area (Å²) in [6.07, 6.45) is 3.33. The van der Waals surface area contributed by atoms with Gasteiger partial charge in [-0.15, -0.1) is 0 Å². The van der Waals surface area contributed by atoms with Crippen LogP contribution in [-0.4, -0.2) is 95.1 Å². The molecular weight excluding hydrogens is 690 g/mol. The Morgan fingerprint density at radius 3 is 1.93 bits per heavy atom. The molecule has 5 amide bonds. The molecule has 2 saturated heterocycles. The third-order valence-corrected chi connectivity index (χ3v) is 10.3. The molecule has 3 aromatic carbocycles. The maximum Gasteiger partial charge on any atom is 0.407 e. The van der Waals surface area contributed by atoms with Crippen molar-refractivity contribution in [3.8, 4) is 22.4 Å². The predicted octanol–water partition coefficient (Wildman–Crippen LogP) is 5.22. The number of carbonyl (C=O) groups is 5. The standard InChI is InChI=1S/C40H47N7O7/c1-23(42-36(48)34-9-7-19-47(34)38(50)25(3)44-40(52)54-5)26-10-12-27(13-11-26)28-14-15-30-21-31(17-16-29(30)20-28)32-22-41-35(45-32)33-8-6-18-46(33)37(49)24(2)43-39(51)53-4/h10-17,20-25,33-34H,6-9,18-19H2,1-5H3,(H,41,45)(H,42,48)(H,43,51)(H,44,52)/t23-,24-,25-,33-,34-/m0/s1. The second kappa shape index (κ2) is 16.4. The number of nitrogens with one attached hydrogen (secondary N) is 4. The third kappa shape index (κ3) is 8.17. The molecular formula is C40H47N7O7. The summed E-state index contributed by atoms with van der Waals surface area (Å²) in [5, 5.41) is 10.2. The van der Waals surface area contributed by atoms with Crippen molar-refractivity contribution in [1.29, 1.82) is 0 Å². The number of nitrogens with zero attached hydrogens (tertiary/aromatic N) is 3. The number of methoxy groups -OCH3 is 2. The lowest BCUT2D eigenvalue weighted by Crippen LogP contribution is -2.52. The number of alkyl carbamates (subject to hydrolysis) is 2. The van der Waals surface area contributed by atoms with Gasteiger partial charge in [0.1, 0.15) is 23.9 Å². The van der Waals surface area contributed by atoms with Crippen LogP contribution >= 0.6 is 0 Å². The van der Waals surface area contributed by atoms with Gasteiger partial charge >= 0.3 is 12.2 Å². The summed E-state index contributed by atoms with van der Waals surface area (Å²) in [6.45, 7) is 6.18. The second-order valence-corrected chi connectivity index (χ2v) is 13.9. The van der Waals surface area contributed by atoms with Gasteiger partial charge in [-0.25, -0.2) is 14.6 Å². The number of carbonyl (C=O) groups excluding carboxylic acids is 5. The van der Waals surface area contributed by atoms with Gasteiger partial charge in [0, 0.05) is 18.7 Å². The monoisotopic (exact) mass is 737 g/mol. The predicted molar refractivity (Wildman–Crippen MR) is 202 cm³/mol. The number of hydrogen-bond acceptors (Lipinski definition) is 8. The van der Waals surface area contributed by atoms with Gasteiger partial charge < -0.3 is 40.2 Å². The largest absolute Gasteiger partial charge is 0.453 e. The summed E-state index contributed by atoms with van der Waals surface area (Å²) in [4.78, 5) is 74.0. The van der Waals surface area contributed by atoms with Gasteiger partial charge in [-0.05, 0) is 86.1 Å². The maximum atomic E-state index is 13.3. The van der Waals surface area contributed by atoms with Crippen molar-refractivity contribution in [1.82, 2.24) is 35.7 Å². The number of hydrogen-bond donors (Lipinski definition) is 4. The number of imidazole rings is 1. The molecule has 284 valence electrons. The van der Waals surface area contributed by atoms with Crippen molar-refractivity contribution in [2.45, 2.75) is 76.7 Å². The average molecular weight is 738 g/mol. The first-order chi connectivity index (χ1) is 26.0. The number of H-pyrrole nitrogens is 1. The molecule has 0 bridgehead atoms. The summed E-state index contributed by atoms with van der Waals surface area (Å²) in [5.41, 5.74) is 4.85. The molecule has 2 fully saturated rings. The zero-order valence-electron chi connectivity index (χ0n) is 31.2. The number of aromatic amines is 1. The minimum Gasteiger partial charge on any atom is -0.453 e. The average Bonchev–Trinajstić information content (AvgIpc) is 3.98. The Bertz CT molecular complexity index is 2030. The first kappa shape index (κ1) is 37.8. The smallest absolute Gasteiger partial charge is 0.407 e. The molecule has 5 atom stereocenters. The topological polar surface area (TPSA) is 175 Å². The third-order valence-electron chi connectivity index (χ3n) is 10.3. The van der Waals surface area contributed by atoms with Gasteiger partial charge in [0.2, 0.25) is 17.7 Å². The molecule has 6 rings (SSSR count). The van der Waals surface area contributed by atoms with Crippen LogP contribution in [0.4, 0.5) is 9.59 Å². The van der Waals surface area contributed by atoms with Gasteiger partial charge in [0.05, 0.1) is 38.2 Å². The second-order valence-electron chi connectivity index (χ2n) is 13.9. The minimum atomic E-state index is -0.805. The lowest BCUT2D eigenvalue weighted by Gasteiger charge is -2.28. The van der Waals surface area contributed by atoms with Crippen LogP contribution in [0.3, 0.4) is 0 Å². The summed E-state index contributed by atoms with van der Waals surface area (Å²) in [7, 11) is 2.50. The summed E-state index contributed by atoms with van der Waals surface area (Å²) < 4.78 is 9.24. The normalized spacial score (nSPS) is 18.5. The van der Waals surface area contributed by atoms with Crippen molar-refractivity contribution >= 4 is 40.7 Å². The maximum absolute atomic E-state index is 13.3. The molecule has 14 nitrogen and oxygen atoms in total. The van der Waals surface area contributed by atoms with Crippen molar-refractivity contribution in [2.24, 2.45) is 0 Å². The van der Waals surface area contributed by atoms with Crippen LogP contribution in [0.15, 0.2) is 66.9 Å². The first-order valence-electron chi connectivity index (χ1n) is 18.3. The van der Waals surface area contributed by atoms with Crippen LogP contribution in [0.25, 0.3) is 33.2 Å². The van der Waals surface area contributed by atoms with E-state index in [1.807, 2.05) is 37.3 Å². The highest BCUT2D eigenvalue weighted by molar-refractivity contribution is 5.92.